The number of methoxy groups -OCH3 is 1. The van der Waals surface area contributed by atoms with Crippen LogP contribution in [0.1, 0.15) is 43.6 Å². The summed E-state index contributed by atoms with van der Waals surface area (Å²) in [7, 11) is 3.73. The van der Waals surface area contributed by atoms with E-state index >= 15 is 0 Å². The van der Waals surface area contributed by atoms with Gasteiger partial charge in [-0.05, 0) is 56.0 Å². The quantitative estimate of drug-likeness (QED) is 0.834. The first-order chi connectivity index (χ1) is 9.26. The molecule has 0 radical (unpaired) electrons. The van der Waals surface area contributed by atoms with Crippen molar-refractivity contribution in [3.8, 4) is 5.75 Å². The summed E-state index contributed by atoms with van der Waals surface area (Å²) in [4.78, 5) is 0. The van der Waals surface area contributed by atoms with E-state index in [9.17, 15) is 0 Å². The SMILES string of the molecule is CNCC1CCCCCC1c1ccc(Cl)c(OC)c1. The second-order valence-electron chi connectivity index (χ2n) is 5.46. The number of benzene rings is 1. The topological polar surface area (TPSA) is 21.3 Å². The van der Waals surface area contributed by atoms with Gasteiger partial charge >= 0.3 is 0 Å². The highest BCUT2D eigenvalue weighted by Gasteiger charge is 2.25. The molecule has 1 saturated carbocycles. The van der Waals surface area contributed by atoms with Crippen LogP contribution in [0.5, 0.6) is 5.75 Å². The smallest absolute Gasteiger partial charge is 0.137 e. The average molecular weight is 282 g/mol. The molecule has 0 aliphatic heterocycles. The van der Waals surface area contributed by atoms with E-state index in [-0.39, 0.29) is 0 Å². The van der Waals surface area contributed by atoms with Gasteiger partial charge < -0.3 is 10.1 Å². The van der Waals surface area contributed by atoms with E-state index in [1.165, 1.54) is 37.7 Å². The molecular formula is C16H24ClNO. The Labute approximate surface area is 121 Å². The van der Waals surface area contributed by atoms with Gasteiger partial charge in [0.1, 0.15) is 5.75 Å². The van der Waals surface area contributed by atoms with Crippen LogP contribution in [0.2, 0.25) is 5.02 Å². The Morgan fingerprint density at radius 3 is 2.79 bits per heavy atom. The van der Waals surface area contributed by atoms with Gasteiger partial charge in [0.05, 0.1) is 12.1 Å². The van der Waals surface area contributed by atoms with Crippen LogP contribution in [0.25, 0.3) is 0 Å². The maximum absolute atomic E-state index is 6.13. The molecule has 0 aromatic heterocycles. The molecule has 2 nitrogen and oxygen atoms in total. The zero-order valence-corrected chi connectivity index (χ0v) is 12.7. The predicted octanol–water partition coefficient (Wildman–Crippen LogP) is 4.23. The monoisotopic (exact) mass is 281 g/mol. The Balaban J connectivity index is 2.24. The molecule has 2 unspecified atom stereocenters. The van der Waals surface area contributed by atoms with Gasteiger partial charge in [-0.1, -0.05) is 36.9 Å². The summed E-state index contributed by atoms with van der Waals surface area (Å²) < 4.78 is 5.36. The molecule has 0 bridgehead atoms. The molecule has 1 aliphatic rings. The summed E-state index contributed by atoms with van der Waals surface area (Å²) in [6.07, 6.45) is 6.64. The standard InChI is InChI=1S/C16H24ClNO/c1-18-11-13-6-4-3-5-7-14(13)12-8-9-15(17)16(10-12)19-2/h8-10,13-14,18H,3-7,11H2,1-2H3. The number of hydrogen-bond donors (Lipinski definition) is 1. The van der Waals surface area contributed by atoms with Crippen molar-refractivity contribution in [3.63, 3.8) is 0 Å². The highest BCUT2D eigenvalue weighted by atomic mass is 35.5. The summed E-state index contributed by atoms with van der Waals surface area (Å²) >= 11 is 6.13. The minimum Gasteiger partial charge on any atom is -0.495 e. The van der Waals surface area contributed by atoms with Crippen molar-refractivity contribution in [2.24, 2.45) is 5.92 Å². The zero-order valence-electron chi connectivity index (χ0n) is 11.9. The predicted molar refractivity (Wildman–Crippen MR) is 81.2 cm³/mol. The van der Waals surface area contributed by atoms with Crippen LogP contribution in [-0.4, -0.2) is 20.7 Å². The minimum atomic E-state index is 0.626. The molecule has 1 aliphatic carbocycles. The lowest BCUT2D eigenvalue weighted by Gasteiger charge is -2.26. The van der Waals surface area contributed by atoms with Gasteiger partial charge in [0.25, 0.3) is 0 Å². The van der Waals surface area contributed by atoms with Crippen LogP contribution in [-0.2, 0) is 0 Å². The number of hydrogen-bond acceptors (Lipinski definition) is 2. The van der Waals surface area contributed by atoms with Crippen LogP contribution in [0, 0.1) is 5.92 Å². The normalized spacial score (nSPS) is 23.9. The van der Waals surface area contributed by atoms with E-state index in [2.05, 4.69) is 17.4 Å². The zero-order chi connectivity index (χ0) is 13.7. The van der Waals surface area contributed by atoms with Crippen molar-refractivity contribution in [1.82, 2.24) is 5.32 Å². The van der Waals surface area contributed by atoms with Gasteiger partial charge in [-0.2, -0.15) is 0 Å². The first-order valence-electron chi connectivity index (χ1n) is 7.24. The van der Waals surface area contributed by atoms with E-state index in [0.717, 1.165) is 18.2 Å². The van der Waals surface area contributed by atoms with Gasteiger partial charge in [0, 0.05) is 0 Å². The molecule has 3 heteroatoms. The highest BCUT2D eigenvalue weighted by Crippen LogP contribution is 2.38. The Morgan fingerprint density at radius 2 is 2.05 bits per heavy atom. The Bertz CT molecular complexity index is 408. The van der Waals surface area contributed by atoms with Crippen molar-refractivity contribution in [2.45, 2.75) is 38.0 Å². The van der Waals surface area contributed by atoms with Crippen LogP contribution < -0.4 is 10.1 Å². The third kappa shape index (κ3) is 3.64. The van der Waals surface area contributed by atoms with Gasteiger partial charge in [0.15, 0.2) is 0 Å². The fourth-order valence-corrected chi connectivity index (χ4v) is 3.43. The summed E-state index contributed by atoms with van der Waals surface area (Å²) in [5.41, 5.74) is 1.38. The number of nitrogens with one attached hydrogen (secondary N) is 1. The molecule has 2 atom stereocenters. The van der Waals surface area contributed by atoms with Gasteiger partial charge in [0.2, 0.25) is 0 Å². The van der Waals surface area contributed by atoms with E-state index < -0.39 is 0 Å². The number of halogens is 1. The van der Waals surface area contributed by atoms with Crippen LogP contribution >= 0.6 is 11.6 Å². The first-order valence-corrected chi connectivity index (χ1v) is 7.62. The van der Waals surface area contributed by atoms with Gasteiger partial charge in [-0.3, -0.25) is 0 Å². The van der Waals surface area contributed by atoms with Crippen LogP contribution in [0.3, 0.4) is 0 Å². The first kappa shape index (κ1) is 14.7. The number of ether oxygens (including phenoxy) is 1. The van der Waals surface area contributed by atoms with E-state index in [0.29, 0.717) is 10.9 Å². The summed E-state index contributed by atoms with van der Waals surface area (Å²) in [5, 5.41) is 4.05. The van der Waals surface area contributed by atoms with Crippen molar-refractivity contribution in [2.75, 3.05) is 20.7 Å². The third-order valence-electron chi connectivity index (χ3n) is 4.23. The maximum atomic E-state index is 6.13. The fraction of sp³-hybridized carbons (Fsp3) is 0.625. The summed E-state index contributed by atoms with van der Waals surface area (Å²) in [5.74, 6) is 2.14. The Morgan fingerprint density at radius 1 is 1.26 bits per heavy atom. The Hall–Kier alpha value is -0.730. The molecular weight excluding hydrogens is 258 g/mol. The lowest BCUT2D eigenvalue weighted by molar-refractivity contribution is 0.382. The van der Waals surface area contributed by atoms with Crippen molar-refractivity contribution < 1.29 is 4.74 Å². The summed E-state index contributed by atoms with van der Waals surface area (Å²) in [6.45, 7) is 1.09. The Kier molecular flexibility index (Phi) is 5.53. The minimum absolute atomic E-state index is 0.626. The average Bonchev–Trinajstić information content (AvgIpc) is 2.65. The molecule has 0 amide bonds. The molecule has 19 heavy (non-hydrogen) atoms. The van der Waals surface area contributed by atoms with Crippen LogP contribution in [0.15, 0.2) is 18.2 Å². The summed E-state index contributed by atoms with van der Waals surface area (Å²) in [6, 6.07) is 6.27. The largest absolute Gasteiger partial charge is 0.495 e. The molecule has 1 aromatic carbocycles. The van der Waals surface area contributed by atoms with E-state index in [4.69, 9.17) is 16.3 Å². The second-order valence-corrected chi connectivity index (χ2v) is 5.86. The van der Waals surface area contributed by atoms with E-state index in [1.807, 2.05) is 13.1 Å². The lowest BCUT2D eigenvalue weighted by atomic mass is 9.82. The van der Waals surface area contributed by atoms with E-state index in [1.54, 1.807) is 7.11 Å². The third-order valence-corrected chi connectivity index (χ3v) is 4.54. The molecule has 2 rings (SSSR count). The van der Waals surface area contributed by atoms with Crippen LogP contribution in [0.4, 0.5) is 0 Å². The highest BCUT2D eigenvalue weighted by molar-refractivity contribution is 6.32. The van der Waals surface area contributed by atoms with Gasteiger partial charge in [-0.25, -0.2) is 0 Å². The molecule has 0 heterocycles. The molecule has 1 fully saturated rings. The fourth-order valence-electron chi connectivity index (χ4n) is 3.24. The molecule has 1 aromatic rings. The molecule has 106 valence electrons. The van der Waals surface area contributed by atoms with Crippen molar-refractivity contribution in [3.05, 3.63) is 28.8 Å². The lowest BCUT2D eigenvalue weighted by Crippen LogP contribution is -2.24. The molecule has 1 N–H and O–H groups in total. The maximum Gasteiger partial charge on any atom is 0.137 e. The second kappa shape index (κ2) is 7.16. The molecule has 0 spiro atoms. The van der Waals surface area contributed by atoms with Gasteiger partial charge in [-0.15, -0.1) is 0 Å². The number of rotatable bonds is 4. The molecule has 0 saturated heterocycles. The van der Waals surface area contributed by atoms with Crippen molar-refractivity contribution >= 4 is 11.6 Å². The van der Waals surface area contributed by atoms with Crippen molar-refractivity contribution in [1.29, 1.82) is 0 Å².